The highest BCUT2D eigenvalue weighted by Crippen LogP contribution is 2.11. The van der Waals surface area contributed by atoms with Gasteiger partial charge in [-0.2, -0.15) is 0 Å². The third-order valence-electron chi connectivity index (χ3n) is 3.44. The van der Waals surface area contributed by atoms with E-state index in [2.05, 4.69) is 10.2 Å². The first-order chi connectivity index (χ1) is 9.25. The van der Waals surface area contributed by atoms with Crippen LogP contribution in [0, 0.1) is 0 Å². The molecule has 0 bridgehead atoms. The van der Waals surface area contributed by atoms with Crippen molar-refractivity contribution in [2.24, 2.45) is 0 Å². The lowest BCUT2D eigenvalue weighted by Crippen LogP contribution is -2.39. The lowest BCUT2D eigenvalue weighted by atomic mass is 10.1. The maximum atomic E-state index is 11.9. The Morgan fingerprint density at radius 3 is 2.68 bits per heavy atom. The number of carbonyl (C=O) groups excluding carboxylic acids is 1. The van der Waals surface area contributed by atoms with Gasteiger partial charge in [-0.05, 0) is 12.5 Å². The highest BCUT2D eigenvalue weighted by molar-refractivity contribution is 5.76. The van der Waals surface area contributed by atoms with Crippen LogP contribution in [-0.4, -0.2) is 43.7 Å². The van der Waals surface area contributed by atoms with Gasteiger partial charge in [0, 0.05) is 26.1 Å². The van der Waals surface area contributed by atoms with Gasteiger partial charge in [0.2, 0.25) is 5.91 Å². The minimum atomic E-state index is 0.0680. The quantitative estimate of drug-likeness (QED) is 0.876. The molecule has 2 rings (SSSR count). The van der Waals surface area contributed by atoms with Crippen molar-refractivity contribution in [3.8, 4) is 0 Å². The second kappa shape index (κ2) is 7.26. The van der Waals surface area contributed by atoms with Crippen LogP contribution in [0.25, 0.3) is 0 Å². The van der Waals surface area contributed by atoms with Crippen molar-refractivity contribution in [3.63, 3.8) is 0 Å². The van der Waals surface area contributed by atoms with E-state index in [4.69, 9.17) is 4.74 Å². The molecule has 1 saturated heterocycles. The summed E-state index contributed by atoms with van der Waals surface area (Å²) in [5.74, 6) is 0.114. The van der Waals surface area contributed by atoms with Gasteiger partial charge in [0.25, 0.3) is 0 Å². The van der Waals surface area contributed by atoms with E-state index in [0.29, 0.717) is 6.42 Å². The Bertz CT molecular complexity index is 388. The molecule has 0 aliphatic carbocycles. The summed E-state index contributed by atoms with van der Waals surface area (Å²) in [6.45, 7) is 6.26. The van der Waals surface area contributed by atoms with Crippen molar-refractivity contribution in [1.82, 2.24) is 10.2 Å². The van der Waals surface area contributed by atoms with Crippen LogP contribution in [0.15, 0.2) is 30.3 Å². The summed E-state index contributed by atoms with van der Waals surface area (Å²) < 4.78 is 5.29. The molecule has 4 heteroatoms. The largest absolute Gasteiger partial charge is 0.379 e. The average Bonchev–Trinajstić information content (AvgIpc) is 2.47. The molecule has 1 aromatic rings. The second-order valence-electron chi connectivity index (χ2n) is 4.90. The van der Waals surface area contributed by atoms with Crippen molar-refractivity contribution in [1.29, 1.82) is 0 Å². The summed E-state index contributed by atoms with van der Waals surface area (Å²) in [5, 5.41) is 3.04. The van der Waals surface area contributed by atoms with E-state index < -0.39 is 0 Å². The van der Waals surface area contributed by atoms with E-state index in [1.165, 1.54) is 0 Å². The van der Waals surface area contributed by atoms with Crippen molar-refractivity contribution >= 4 is 5.91 Å². The highest BCUT2D eigenvalue weighted by atomic mass is 16.5. The Kier molecular flexibility index (Phi) is 5.36. The Hall–Kier alpha value is -1.39. The number of ether oxygens (including phenoxy) is 1. The smallest absolute Gasteiger partial charge is 0.221 e. The van der Waals surface area contributed by atoms with Crippen LogP contribution in [0.5, 0.6) is 0 Å². The van der Waals surface area contributed by atoms with Crippen LogP contribution in [0.3, 0.4) is 0 Å². The van der Waals surface area contributed by atoms with Gasteiger partial charge in [0.1, 0.15) is 0 Å². The number of morpholine rings is 1. The van der Waals surface area contributed by atoms with Crippen molar-refractivity contribution in [2.45, 2.75) is 19.4 Å². The minimum absolute atomic E-state index is 0.0680. The van der Waals surface area contributed by atoms with Gasteiger partial charge in [-0.1, -0.05) is 30.3 Å². The van der Waals surface area contributed by atoms with Gasteiger partial charge >= 0.3 is 0 Å². The third-order valence-corrected chi connectivity index (χ3v) is 3.44. The maximum absolute atomic E-state index is 11.9. The molecule has 1 aromatic carbocycles. The summed E-state index contributed by atoms with van der Waals surface area (Å²) in [6.07, 6.45) is 0.553. The Morgan fingerprint density at radius 1 is 1.32 bits per heavy atom. The molecule has 104 valence electrons. The predicted molar refractivity (Wildman–Crippen MR) is 74.9 cm³/mol. The molecule has 4 nitrogen and oxygen atoms in total. The molecule has 0 aromatic heterocycles. The SMILES string of the molecule is C[C@@H](NC(=O)CCN1CCOCC1)c1ccccc1. The number of rotatable bonds is 5. The van der Waals surface area contributed by atoms with E-state index in [1.54, 1.807) is 0 Å². The predicted octanol–water partition coefficient (Wildman–Crippen LogP) is 1.59. The van der Waals surface area contributed by atoms with E-state index in [0.717, 1.165) is 38.4 Å². The zero-order chi connectivity index (χ0) is 13.5. The fourth-order valence-corrected chi connectivity index (χ4v) is 2.22. The fourth-order valence-electron chi connectivity index (χ4n) is 2.22. The number of amides is 1. The zero-order valence-electron chi connectivity index (χ0n) is 11.5. The average molecular weight is 262 g/mol. The first kappa shape index (κ1) is 14.0. The molecule has 0 saturated carbocycles. The molecule has 1 atom stereocenters. The van der Waals surface area contributed by atoms with E-state index in [-0.39, 0.29) is 11.9 Å². The van der Waals surface area contributed by atoms with Gasteiger partial charge in [0.15, 0.2) is 0 Å². The van der Waals surface area contributed by atoms with Crippen LogP contribution in [-0.2, 0) is 9.53 Å². The second-order valence-corrected chi connectivity index (χ2v) is 4.90. The van der Waals surface area contributed by atoms with Gasteiger partial charge in [-0.3, -0.25) is 9.69 Å². The molecule has 0 radical (unpaired) electrons. The molecule has 0 unspecified atom stereocenters. The van der Waals surface area contributed by atoms with E-state index >= 15 is 0 Å². The minimum Gasteiger partial charge on any atom is -0.379 e. The zero-order valence-corrected chi connectivity index (χ0v) is 11.5. The molecule has 1 fully saturated rings. The molecule has 1 amide bonds. The molecular formula is C15H22N2O2. The van der Waals surface area contributed by atoms with E-state index in [1.807, 2.05) is 37.3 Å². The van der Waals surface area contributed by atoms with Crippen LogP contribution in [0.1, 0.15) is 24.9 Å². The van der Waals surface area contributed by atoms with Crippen LogP contribution in [0.4, 0.5) is 0 Å². The fraction of sp³-hybridized carbons (Fsp3) is 0.533. The Balaban J connectivity index is 1.71. The van der Waals surface area contributed by atoms with E-state index in [9.17, 15) is 4.79 Å². The number of hydrogen-bond acceptors (Lipinski definition) is 3. The topological polar surface area (TPSA) is 41.6 Å². The first-order valence-electron chi connectivity index (χ1n) is 6.90. The number of nitrogens with one attached hydrogen (secondary N) is 1. The molecule has 0 spiro atoms. The molecule has 1 aliphatic rings. The van der Waals surface area contributed by atoms with Gasteiger partial charge < -0.3 is 10.1 Å². The number of hydrogen-bond donors (Lipinski definition) is 1. The lowest BCUT2D eigenvalue weighted by molar-refractivity contribution is -0.122. The monoisotopic (exact) mass is 262 g/mol. The highest BCUT2D eigenvalue weighted by Gasteiger charge is 2.13. The van der Waals surface area contributed by atoms with Gasteiger partial charge in [0.05, 0.1) is 19.3 Å². The Morgan fingerprint density at radius 2 is 2.00 bits per heavy atom. The van der Waals surface area contributed by atoms with Crippen LogP contribution in [0.2, 0.25) is 0 Å². The molecular weight excluding hydrogens is 240 g/mol. The summed E-state index contributed by atoms with van der Waals surface area (Å²) in [5.41, 5.74) is 1.14. The van der Waals surface area contributed by atoms with Crippen molar-refractivity contribution in [2.75, 3.05) is 32.8 Å². The molecule has 1 N–H and O–H groups in total. The number of nitrogens with zero attached hydrogens (tertiary/aromatic N) is 1. The number of carbonyl (C=O) groups is 1. The van der Waals surface area contributed by atoms with Crippen molar-refractivity contribution in [3.05, 3.63) is 35.9 Å². The summed E-state index contributed by atoms with van der Waals surface area (Å²) in [6, 6.07) is 10.1. The maximum Gasteiger partial charge on any atom is 0.221 e. The molecule has 19 heavy (non-hydrogen) atoms. The summed E-state index contributed by atoms with van der Waals surface area (Å²) >= 11 is 0. The Labute approximate surface area is 114 Å². The molecule has 1 aliphatic heterocycles. The normalized spacial score (nSPS) is 17.9. The van der Waals surface area contributed by atoms with Crippen LogP contribution >= 0.6 is 0 Å². The first-order valence-corrected chi connectivity index (χ1v) is 6.90. The lowest BCUT2D eigenvalue weighted by Gasteiger charge is -2.26. The van der Waals surface area contributed by atoms with Crippen molar-refractivity contribution < 1.29 is 9.53 Å². The summed E-state index contributed by atoms with van der Waals surface area (Å²) in [4.78, 5) is 14.2. The third kappa shape index (κ3) is 4.65. The van der Waals surface area contributed by atoms with Gasteiger partial charge in [-0.25, -0.2) is 0 Å². The summed E-state index contributed by atoms with van der Waals surface area (Å²) in [7, 11) is 0. The standard InChI is InChI=1S/C15H22N2O2/c1-13(14-5-3-2-4-6-14)16-15(18)7-8-17-9-11-19-12-10-17/h2-6,13H,7-12H2,1H3,(H,16,18)/t13-/m1/s1. The molecule has 1 heterocycles. The van der Waals surface area contributed by atoms with Gasteiger partial charge in [-0.15, -0.1) is 0 Å². The van der Waals surface area contributed by atoms with Crippen LogP contribution < -0.4 is 5.32 Å². The number of benzene rings is 1.